The number of halogens is 3. The van der Waals surface area contributed by atoms with E-state index in [0.29, 0.717) is 0 Å². The van der Waals surface area contributed by atoms with Crippen LogP contribution in [0, 0.1) is 6.92 Å². The quantitative estimate of drug-likeness (QED) is 0.465. The molecule has 0 bridgehead atoms. The van der Waals surface area contributed by atoms with Gasteiger partial charge in [-0.3, -0.25) is 0 Å². The standard InChI is InChI=1S/C20H22N4.3ClH/c1-13-15-6-4-5-7-17(15)22-20-19(13)16-12-14(21)8-9-18(16)24(20)11-10-23(2)3;;;/h4-9,12H,10-11,21H2,1-3H3;3*1H. The molecule has 27 heavy (non-hydrogen) atoms. The van der Waals surface area contributed by atoms with Gasteiger partial charge in [0.15, 0.2) is 0 Å². The van der Waals surface area contributed by atoms with Crippen LogP contribution in [0.25, 0.3) is 32.8 Å². The predicted octanol–water partition coefficient (Wildman–Crippen LogP) is 5.06. The number of nitrogens with zero attached hydrogens (tertiary/aromatic N) is 3. The molecular formula is C20H25Cl3N4. The van der Waals surface area contributed by atoms with Crippen molar-refractivity contribution in [3.05, 3.63) is 48.0 Å². The highest BCUT2D eigenvalue weighted by molar-refractivity contribution is 6.13. The summed E-state index contributed by atoms with van der Waals surface area (Å²) in [5, 5.41) is 3.62. The normalized spacial score (nSPS) is 10.7. The lowest BCUT2D eigenvalue weighted by Gasteiger charge is -2.12. The highest BCUT2D eigenvalue weighted by atomic mass is 35.5. The molecule has 2 N–H and O–H groups in total. The van der Waals surface area contributed by atoms with Gasteiger partial charge in [0.1, 0.15) is 5.65 Å². The molecule has 0 saturated heterocycles. The maximum atomic E-state index is 6.07. The van der Waals surface area contributed by atoms with Crippen LogP contribution in [0.1, 0.15) is 5.56 Å². The van der Waals surface area contributed by atoms with Gasteiger partial charge in [-0.2, -0.15) is 0 Å². The van der Waals surface area contributed by atoms with Crippen LogP contribution in [0.4, 0.5) is 5.69 Å². The molecule has 0 spiro atoms. The lowest BCUT2D eigenvalue weighted by molar-refractivity contribution is 0.389. The summed E-state index contributed by atoms with van der Waals surface area (Å²) in [6.45, 7) is 4.06. The van der Waals surface area contributed by atoms with Crippen LogP contribution in [0.2, 0.25) is 0 Å². The van der Waals surface area contributed by atoms with Gasteiger partial charge in [0, 0.05) is 34.9 Å². The molecule has 0 aliphatic heterocycles. The molecule has 0 saturated carbocycles. The van der Waals surface area contributed by atoms with Crippen LogP contribution in [0.15, 0.2) is 42.5 Å². The summed E-state index contributed by atoms with van der Waals surface area (Å²) in [6, 6.07) is 14.5. The Labute approximate surface area is 177 Å². The van der Waals surface area contributed by atoms with E-state index in [0.717, 1.165) is 29.9 Å². The highest BCUT2D eigenvalue weighted by Crippen LogP contribution is 2.34. The first-order valence-electron chi connectivity index (χ1n) is 8.28. The van der Waals surface area contributed by atoms with E-state index in [4.69, 9.17) is 10.7 Å². The first-order valence-corrected chi connectivity index (χ1v) is 8.28. The summed E-state index contributed by atoms with van der Waals surface area (Å²) in [5.74, 6) is 0. The molecule has 2 heterocycles. The fourth-order valence-electron chi connectivity index (χ4n) is 3.51. The van der Waals surface area contributed by atoms with Gasteiger partial charge >= 0.3 is 0 Å². The zero-order valence-corrected chi connectivity index (χ0v) is 18.0. The van der Waals surface area contributed by atoms with E-state index in [1.165, 1.54) is 27.2 Å². The maximum absolute atomic E-state index is 6.07. The molecule has 4 rings (SSSR count). The molecule has 0 fully saturated rings. The topological polar surface area (TPSA) is 47.1 Å². The van der Waals surface area contributed by atoms with Gasteiger partial charge in [0.2, 0.25) is 0 Å². The fourth-order valence-corrected chi connectivity index (χ4v) is 3.51. The van der Waals surface area contributed by atoms with E-state index in [1.807, 2.05) is 12.1 Å². The van der Waals surface area contributed by atoms with Crippen LogP contribution in [0.5, 0.6) is 0 Å². The second-order valence-corrected chi connectivity index (χ2v) is 6.68. The summed E-state index contributed by atoms with van der Waals surface area (Å²) in [5.41, 5.74) is 11.4. The number of benzene rings is 2. The van der Waals surface area contributed by atoms with Crippen molar-refractivity contribution in [2.75, 3.05) is 26.4 Å². The number of pyridine rings is 1. The van der Waals surface area contributed by atoms with Gasteiger partial charge in [0.25, 0.3) is 0 Å². The summed E-state index contributed by atoms with van der Waals surface area (Å²) >= 11 is 0. The minimum atomic E-state index is 0. The molecule has 0 unspecified atom stereocenters. The SMILES string of the molecule is Cc1c2ccccc2nc2c1c1cc(N)ccc1n2CCN(C)C.Cl.Cl.Cl. The predicted molar refractivity (Wildman–Crippen MR) is 124 cm³/mol. The number of rotatable bonds is 3. The number of nitrogen functional groups attached to an aromatic ring is 1. The summed E-state index contributed by atoms with van der Waals surface area (Å²) < 4.78 is 2.32. The van der Waals surface area contributed by atoms with Crippen molar-refractivity contribution >= 4 is 75.7 Å². The molecule has 0 amide bonds. The molecule has 4 aromatic rings. The van der Waals surface area contributed by atoms with Crippen LogP contribution in [-0.2, 0) is 6.54 Å². The van der Waals surface area contributed by atoms with Gasteiger partial charge in [-0.15, -0.1) is 37.2 Å². The van der Waals surface area contributed by atoms with Gasteiger partial charge < -0.3 is 15.2 Å². The summed E-state index contributed by atoms with van der Waals surface area (Å²) in [7, 11) is 4.19. The Balaban J connectivity index is 0.00000121. The summed E-state index contributed by atoms with van der Waals surface area (Å²) in [4.78, 5) is 7.18. The average molecular weight is 428 g/mol. The third kappa shape index (κ3) is 3.94. The second-order valence-electron chi connectivity index (χ2n) is 6.68. The van der Waals surface area contributed by atoms with Crippen molar-refractivity contribution in [2.24, 2.45) is 0 Å². The smallest absolute Gasteiger partial charge is 0.142 e. The van der Waals surface area contributed by atoms with E-state index in [-0.39, 0.29) is 37.2 Å². The molecular weight excluding hydrogens is 403 g/mol. The first-order chi connectivity index (χ1) is 11.6. The van der Waals surface area contributed by atoms with Crippen molar-refractivity contribution in [1.29, 1.82) is 0 Å². The molecule has 0 atom stereocenters. The largest absolute Gasteiger partial charge is 0.399 e. The van der Waals surface area contributed by atoms with Crippen LogP contribution < -0.4 is 5.73 Å². The van der Waals surface area contributed by atoms with Crippen molar-refractivity contribution in [2.45, 2.75) is 13.5 Å². The van der Waals surface area contributed by atoms with Gasteiger partial charge in [0.05, 0.1) is 11.0 Å². The zero-order valence-electron chi connectivity index (χ0n) is 15.6. The number of hydrogen-bond acceptors (Lipinski definition) is 3. The van der Waals surface area contributed by atoms with E-state index in [2.05, 4.69) is 60.8 Å². The van der Waals surface area contributed by atoms with Gasteiger partial charge in [-0.05, 0) is 50.8 Å². The van der Waals surface area contributed by atoms with Gasteiger partial charge in [-0.25, -0.2) is 4.98 Å². The molecule has 7 heteroatoms. The lowest BCUT2D eigenvalue weighted by atomic mass is 10.0. The number of anilines is 1. The van der Waals surface area contributed by atoms with E-state index in [1.54, 1.807) is 0 Å². The van der Waals surface area contributed by atoms with Crippen LogP contribution in [-0.4, -0.2) is 35.1 Å². The van der Waals surface area contributed by atoms with Crippen LogP contribution in [0.3, 0.4) is 0 Å². The van der Waals surface area contributed by atoms with Crippen LogP contribution >= 0.6 is 37.2 Å². The fraction of sp³-hybridized carbons (Fsp3) is 0.250. The lowest BCUT2D eigenvalue weighted by Crippen LogP contribution is -2.18. The monoisotopic (exact) mass is 426 g/mol. The number of hydrogen-bond donors (Lipinski definition) is 1. The Morgan fingerprint density at radius 3 is 2.41 bits per heavy atom. The Morgan fingerprint density at radius 1 is 1.00 bits per heavy atom. The highest BCUT2D eigenvalue weighted by Gasteiger charge is 2.16. The third-order valence-electron chi connectivity index (χ3n) is 4.74. The molecule has 0 radical (unpaired) electrons. The van der Waals surface area contributed by atoms with Crippen molar-refractivity contribution in [3.8, 4) is 0 Å². The average Bonchev–Trinajstić information content (AvgIpc) is 2.86. The Hall–Kier alpha value is -1.72. The molecule has 2 aromatic carbocycles. The Kier molecular flexibility index (Phi) is 7.76. The number of aromatic nitrogens is 2. The minimum Gasteiger partial charge on any atom is -0.399 e. The number of likely N-dealkylation sites (N-methyl/N-ethyl adjacent to an activating group) is 1. The van der Waals surface area contributed by atoms with Crippen molar-refractivity contribution in [3.63, 3.8) is 0 Å². The first kappa shape index (κ1) is 23.3. The zero-order chi connectivity index (χ0) is 16.8. The minimum absolute atomic E-state index is 0. The molecule has 2 aromatic heterocycles. The number of fused-ring (bicyclic) bond motifs is 4. The number of para-hydroxylation sites is 1. The Bertz CT molecular complexity index is 1070. The number of nitrogens with two attached hydrogens (primary N) is 1. The Morgan fingerprint density at radius 2 is 1.70 bits per heavy atom. The maximum Gasteiger partial charge on any atom is 0.142 e. The van der Waals surface area contributed by atoms with E-state index < -0.39 is 0 Å². The second kappa shape index (κ2) is 8.98. The third-order valence-corrected chi connectivity index (χ3v) is 4.74. The molecule has 0 aliphatic rings. The van der Waals surface area contributed by atoms with Crippen molar-refractivity contribution < 1.29 is 0 Å². The molecule has 0 aliphatic carbocycles. The molecule has 4 nitrogen and oxygen atoms in total. The number of aryl methyl sites for hydroxylation is 1. The molecule has 146 valence electrons. The summed E-state index contributed by atoms with van der Waals surface area (Å²) in [6.07, 6.45) is 0. The van der Waals surface area contributed by atoms with Crippen molar-refractivity contribution in [1.82, 2.24) is 14.5 Å². The van der Waals surface area contributed by atoms with Gasteiger partial charge in [-0.1, -0.05) is 18.2 Å². The van der Waals surface area contributed by atoms with E-state index >= 15 is 0 Å². The van der Waals surface area contributed by atoms with E-state index in [9.17, 15) is 0 Å².